The average molecular weight is 314 g/mol. The topological polar surface area (TPSA) is 49.8 Å². The first-order valence-corrected chi connectivity index (χ1v) is 8.30. The zero-order valence-electron chi connectivity index (χ0n) is 13.5. The lowest BCUT2D eigenvalue weighted by Crippen LogP contribution is -2.23. The molecule has 1 heterocycles. The van der Waals surface area contributed by atoms with E-state index in [1.165, 1.54) is 38.2 Å². The van der Waals surface area contributed by atoms with Gasteiger partial charge in [0.1, 0.15) is 23.3 Å². The van der Waals surface area contributed by atoms with Crippen LogP contribution in [0.2, 0.25) is 0 Å². The molecule has 1 aromatic heterocycles. The molecular formula is C18H23FN4. The number of benzene rings is 1. The molecule has 0 saturated heterocycles. The zero-order chi connectivity index (χ0) is 16.1. The van der Waals surface area contributed by atoms with Crippen molar-refractivity contribution < 1.29 is 4.39 Å². The molecule has 0 unspecified atom stereocenters. The Morgan fingerprint density at radius 3 is 2.61 bits per heavy atom. The lowest BCUT2D eigenvalue weighted by atomic mass is 9.95. The number of hydrogen-bond donors (Lipinski definition) is 2. The van der Waals surface area contributed by atoms with E-state index in [-0.39, 0.29) is 5.82 Å². The number of aryl methyl sites for hydroxylation is 1. The summed E-state index contributed by atoms with van der Waals surface area (Å²) >= 11 is 0. The number of anilines is 2. The van der Waals surface area contributed by atoms with Crippen LogP contribution in [-0.4, -0.2) is 16.0 Å². The van der Waals surface area contributed by atoms with Crippen LogP contribution in [0.4, 0.5) is 16.0 Å². The molecule has 0 amide bonds. The van der Waals surface area contributed by atoms with E-state index in [9.17, 15) is 4.39 Å². The average Bonchev–Trinajstić information content (AvgIpc) is 2.54. The van der Waals surface area contributed by atoms with Gasteiger partial charge in [-0.2, -0.15) is 0 Å². The zero-order valence-corrected chi connectivity index (χ0v) is 13.5. The quantitative estimate of drug-likeness (QED) is 0.865. The van der Waals surface area contributed by atoms with E-state index in [2.05, 4.69) is 20.6 Å². The van der Waals surface area contributed by atoms with Gasteiger partial charge in [0.15, 0.2) is 0 Å². The Hall–Kier alpha value is -2.17. The summed E-state index contributed by atoms with van der Waals surface area (Å²) in [7, 11) is 0. The highest BCUT2D eigenvalue weighted by Crippen LogP contribution is 2.22. The summed E-state index contributed by atoms with van der Waals surface area (Å²) in [5.41, 5.74) is 0.630. The van der Waals surface area contributed by atoms with E-state index in [0.717, 1.165) is 11.6 Å². The fraction of sp³-hybridized carbons (Fsp3) is 0.444. The minimum absolute atomic E-state index is 0.202. The largest absolute Gasteiger partial charge is 0.367 e. The van der Waals surface area contributed by atoms with E-state index in [1.54, 1.807) is 12.1 Å². The fourth-order valence-corrected chi connectivity index (χ4v) is 3.02. The second-order valence-electron chi connectivity index (χ2n) is 6.11. The van der Waals surface area contributed by atoms with Crippen molar-refractivity contribution in [3.8, 4) is 0 Å². The molecule has 4 nitrogen and oxygen atoms in total. The maximum absolute atomic E-state index is 13.7. The first-order valence-electron chi connectivity index (χ1n) is 8.30. The lowest BCUT2D eigenvalue weighted by Gasteiger charge is -2.23. The van der Waals surface area contributed by atoms with Crippen molar-refractivity contribution in [2.24, 2.45) is 0 Å². The Kier molecular flexibility index (Phi) is 5.05. The van der Waals surface area contributed by atoms with Crippen LogP contribution >= 0.6 is 0 Å². The minimum Gasteiger partial charge on any atom is -0.367 e. The molecule has 0 radical (unpaired) electrons. The van der Waals surface area contributed by atoms with Gasteiger partial charge in [0, 0.05) is 24.2 Å². The molecule has 0 spiro atoms. The van der Waals surface area contributed by atoms with Gasteiger partial charge in [-0.3, -0.25) is 0 Å². The van der Waals surface area contributed by atoms with E-state index >= 15 is 0 Å². The number of nitrogens with zero attached hydrogens (tertiary/aromatic N) is 2. The first-order chi connectivity index (χ1) is 11.2. The van der Waals surface area contributed by atoms with Gasteiger partial charge in [-0.15, -0.1) is 0 Å². The molecule has 1 aliphatic carbocycles. The Balaban J connectivity index is 1.66. The van der Waals surface area contributed by atoms with Gasteiger partial charge in [-0.1, -0.05) is 37.5 Å². The number of hydrogen-bond acceptors (Lipinski definition) is 4. The highest BCUT2D eigenvalue weighted by atomic mass is 19.1. The van der Waals surface area contributed by atoms with Crippen molar-refractivity contribution in [2.45, 2.75) is 51.6 Å². The predicted octanol–water partition coefficient (Wildman–Crippen LogP) is 4.28. The van der Waals surface area contributed by atoms with Crippen LogP contribution in [0.25, 0.3) is 0 Å². The molecule has 122 valence electrons. The molecule has 1 aromatic carbocycles. The van der Waals surface area contributed by atoms with Gasteiger partial charge in [-0.25, -0.2) is 14.4 Å². The maximum Gasteiger partial charge on any atom is 0.132 e. The van der Waals surface area contributed by atoms with E-state index < -0.39 is 0 Å². The maximum atomic E-state index is 13.7. The van der Waals surface area contributed by atoms with Crippen LogP contribution in [0.1, 0.15) is 43.5 Å². The van der Waals surface area contributed by atoms with Crippen LogP contribution in [0.3, 0.4) is 0 Å². The number of aromatic nitrogens is 2. The third kappa shape index (κ3) is 4.41. The van der Waals surface area contributed by atoms with Crippen LogP contribution < -0.4 is 10.6 Å². The molecule has 2 aromatic rings. The Morgan fingerprint density at radius 1 is 1.09 bits per heavy atom. The Morgan fingerprint density at radius 2 is 1.83 bits per heavy atom. The van der Waals surface area contributed by atoms with Crippen LogP contribution in [0.5, 0.6) is 0 Å². The predicted molar refractivity (Wildman–Crippen MR) is 91.0 cm³/mol. The summed E-state index contributed by atoms with van der Waals surface area (Å²) in [6.45, 7) is 2.28. The summed E-state index contributed by atoms with van der Waals surface area (Å²) in [6, 6.07) is 9.18. The third-order valence-corrected chi connectivity index (χ3v) is 4.21. The van der Waals surface area contributed by atoms with Crippen molar-refractivity contribution in [2.75, 3.05) is 10.6 Å². The molecular weight excluding hydrogens is 291 g/mol. The number of nitrogens with one attached hydrogen (secondary N) is 2. The monoisotopic (exact) mass is 314 g/mol. The number of rotatable bonds is 5. The molecule has 1 saturated carbocycles. The summed E-state index contributed by atoms with van der Waals surface area (Å²) in [6.07, 6.45) is 6.28. The molecule has 3 rings (SSSR count). The van der Waals surface area contributed by atoms with Gasteiger partial charge in [-0.05, 0) is 25.8 Å². The minimum atomic E-state index is -0.202. The lowest BCUT2D eigenvalue weighted by molar-refractivity contribution is 0.462. The Labute approximate surface area is 136 Å². The van der Waals surface area contributed by atoms with Gasteiger partial charge in [0.2, 0.25) is 0 Å². The van der Waals surface area contributed by atoms with Gasteiger partial charge in [0.05, 0.1) is 0 Å². The second kappa shape index (κ2) is 7.40. The molecule has 2 N–H and O–H groups in total. The molecule has 5 heteroatoms. The molecule has 1 fully saturated rings. The van der Waals surface area contributed by atoms with Gasteiger partial charge < -0.3 is 10.6 Å². The molecule has 0 aliphatic heterocycles. The van der Waals surface area contributed by atoms with E-state index in [1.807, 2.05) is 19.1 Å². The first kappa shape index (κ1) is 15.7. The highest BCUT2D eigenvalue weighted by Gasteiger charge is 2.14. The fourth-order valence-electron chi connectivity index (χ4n) is 3.02. The van der Waals surface area contributed by atoms with Gasteiger partial charge in [0.25, 0.3) is 0 Å². The van der Waals surface area contributed by atoms with Gasteiger partial charge >= 0.3 is 0 Å². The summed E-state index contributed by atoms with van der Waals surface area (Å²) < 4.78 is 13.7. The van der Waals surface area contributed by atoms with Crippen molar-refractivity contribution in [3.63, 3.8) is 0 Å². The highest BCUT2D eigenvalue weighted by molar-refractivity contribution is 5.48. The van der Waals surface area contributed by atoms with Crippen molar-refractivity contribution in [1.82, 2.24) is 9.97 Å². The van der Waals surface area contributed by atoms with Crippen molar-refractivity contribution >= 4 is 11.6 Å². The van der Waals surface area contributed by atoms with Crippen molar-refractivity contribution in [3.05, 3.63) is 47.5 Å². The molecule has 23 heavy (non-hydrogen) atoms. The molecule has 0 bridgehead atoms. The van der Waals surface area contributed by atoms with Crippen LogP contribution in [0.15, 0.2) is 30.3 Å². The van der Waals surface area contributed by atoms with E-state index in [0.29, 0.717) is 24.0 Å². The Bertz CT molecular complexity index is 653. The molecule has 1 aliphatic rings. The normalized spacial score (nSPS) is 15.4. The smallest absolute Gasteiger partial charge is 0.132 e. The second-order valence-corrected chi connectivity index (χ2v) is 6.11. The third-order valence-electron chi connectivity index (χ3n) is 4.21. The van der Waals surface area contributed by atoms with Crippen LogP contribution in [0, 0.1) is 12.7 Å². The number of halogens is 1. The van der Waals surface area contributed by atoms with Crippen LogP contribution in [-0.2, 0) is 6.54 Å². The van der Waals surface area contributed by atoms with Crippen molar-refractivity contribution in [1.29, 1.82) is 0 Å². The summed E-state index contributed by atoms with van der Waals surface area (Å²) in [4.78, 5) is 8.85. The standard InChI is InChI=1S/C18H23FN4/c1-13-21-17(20-12-14-7-5-6-10-16(14)19)11-18(22-13)23-15-8-3-2-4-9-15/h5-7,10-11,15H,2-4,8-9,12H2,1H3,(H2,20,21,22,23). The summed E-state index contributed by atoms with van der Waals surface area (Å²) in [5, 5.41) is 6.70. The van der Waals surface area contributed by atoms with E-state index in [4.69, 9.17) is 0 Å². The molecule has 0 atom stereocenters. The SMILES string of the molecule is Cc1nc(NCc2ccccc2F)cc(NC2CCCCC2)n1. The summed E-state index contributed by atoms with van der Waals surface area (Å²) in [5.74, 6) is 2.08.